The Balaban J connectivity index is 1.84. The normalized spacial score (nSPS) is 32.2. The molecule has 1 saturated heterocycles. The second-order valence-corrected chi connectivity index (χ2v) is 5.08. The van der Waals surface area contributed by atoms with Crippen LogP contribution in [0.4, 0.5) is 8.78 Å². The van der Waals surface area contributed by atoms with Crippen molar-refractivity contribution < 1.29 is 23.0 Å². The molecule has 96 valence electrons. The van der Waals surface area contributed by atoms with E-state index in [2.05, 4.69) is 4.99 Å². The third kappa shape index (κ3) is 3.16. The molecule has 2 aliphatic heterocycles. The zero-order chi connectivity index (χ0) is 12.4. The summed E-state index contributed by atoms with van der Waals surface area (Å²) in [5, 5.41) is -0.145. The van der Waals surface area contributed by atoms with Gasteiger partial charge in [0.15, 0.2) is 0 Å². The smallest absolute Gasteiger partial charge is 0.302 e. The predicted molar refractivity (Wildman–Crippen MR) is 59.3 cm³/mol. The molecule has 0 aromatic carbocycles. The molecule has 0 amide bonds. The van der Waals surface area contributed by atoms with Gasteiger partial charge in [-0.3, -0.25) is 9.79 Å². The van der Waals surface area contributed by atoms with Gasteiger partial charge in [0.1, 0.15) is 17.1 Å². The molecule has 0 spiro atoms. The molecule has 2 rings (SSSR count). The van der Waals surface area contributed by atoms with Crippen LogP contribution >= 0.6 is 11.8 Å². The van der Waals surface area contributed by atoms with Gasteiger partial charge in [-0.2, -0.15) is 0 Å². The Kier molecular flexibility index (Phi) is 3.98. The summed E-state index contributed by atoms with van der Waals surface area (Å²) in [6, 6.07) is -0.183. The molecule has 0 radical (unpaired) electrons. The van der Waals surface area contributed by atoms with Crippen molar-refractivity contribution in [2.24, 2.45) is 4.99 Å². The number of fused-ring (bicyclic) bond motifs is 1. The Morgan fingerprint density at radius 2 is 2.41 bits per heavy atom. The van der Waals surface area contributed by atoms with Crippen molar-refractivity contribution in [3.05, 3.63) is 0 Å². The summed E-state index contributed by atoms with van der Waals surface area (Å²) < 4.78 is 35.3. The fraction of sp³-hybridized carbons (Fsp3) is 0.800. The van der Waals surface area contributed by atoms with E-state index in [1.165, 1.54) is 6.92 Å². The number of hydrogen-bond donors (Lipinski definition) is 0. The van der Waals surface area contributed by atoms with Crippen LogP contribution in [0.2, 0.25) is 0 Å². The first-order valence-electron chi connectivity index (χ1n) is 5.37. The molecule has 0 saturated carbocycles. The molecular weight excluding hydrogens is 252 g/mol. The van der Waals surface area contributed by atoms with Gasteiger partial charge in [-0.25, -0.2) is 8.78 Å². The van der Waals surface area contributed by atoms with Crippen LogP contribution in [-0.4, -0.2) is 41.6 Å². The van der Waals surface area contributed by atoms with E-state index in [9.17, 15) is 13.6 Å². The van der Waals surface area contributed by atoms with Crippen LogP contribution in [0.1, 0.15) is 19.8 Å². The zero-order valence-electron chi connectivity index (χ0n) is 9.27. The molecule has 0 N–H and O–H groups in total. The highest BCUT2D eigenvalue weighted by atomic mass is 32.2. The van der Waals surface area contributed by atoms with Crippen molar-refractivity contribution in [3.8, 4) is 0 Å². The number of ether oxygens (including phenoxy) is 2. The summed E-state index contributed by atoms with van der Waals surface area (Å²) in [6.45, 7) is 1.51. The second kappa shape index (κ2) is 5.30. The van der Waals surface area contributed by atoms with Gasteiger partial charge in [0.2, 0.25) is 0 Å². The molecule has 7 heteroatoms. The van der Waals surface area contributed by atoms with Gasteiger partial charge < -0.3 is 9.47 Å². The van der Waals surface area contributed by atoms with Crippen molar-refractivity contribution in [2.45, 2.75) is 43.8 Å². The van der Waals surface area contributed by atoms with Gasteiger partial charge in [0, 0.05) is 6.92 Å². The monoisotopic (exact) mass is 265 g/mol. The fourth-order valence-corrected chi connectivity index (χ4v) is 2.93. The maximum atomic E-state index is 12.5. The van der Waals surface area contributed by atoms with Crippen LogP contribution in [0.25, 0.3) is 0 Å². The lowest BCUT2D eigenvalue weighted by Crippen LogP contribution is -2.36. The summed E-state index contributed by atoms with van der Waals surface area (Å²) in [4.78, 5) is 14.6. The molecule has 4 nitrogen and oxygen atoms in total. The average Bonchev–Trinajstić information content (AvgIpc) is 2.69. The van der Waals surface area contributed by atoms with Gasteiger partial charge in [0.25, 0.3) is 6.43 Å². The SMILES string of the molecule is CC(=O)OC[C@H]1CC[C@H]2N=C(C(F)F)S[C@H]2O1. The van der Waals surface area contributed by atoms with Crippen molar-refractivity contribution in [1.82, 2.24) is 0 Å². The van der Waals surface area contributed by atoms with Crippen LogP contribution in [0.15, 0.2) is 4.99 Å². The lowest BCUT2D eigenvalue weighted by molar-refractivity contribution is -0.147. The molecule has 3 atom stereocenters. The highest BCUT2D eigenvalue weighted by molar-refractivity contribution is 8.14. The Hall–Kier alpha value is -0.690. The number of thioether (sulfide) groups is 1. The Bertz CT molecular complexity index is 338. The van der Waals surface area contributed by atoms with Crippen molar-refractivity contribution in [3.63, 3.8) is 0 Å². The minimum absolute atomic E-state index is 0.145. The summed E-state index contributed by atoms with van der Waals surface area (Å²) >= 11 is 0.978. The third-order valence-corrected chi connectivity index (χ3v) is 3.80. The average molecular weight is 265 g/mol. The molecule has 2 aliphatic rings. The van der Waals surface area contributed by atoms with Crippen LogP contribution < -0.4 is 0 Å². The fourth-order valence-electron chi connectivity index (χ4n) is 1.83. The van der Waals surface area contributed by atoms with Crippen molar-refractivity contribution in [1.29, 1.82) is 0 Å². The molecule has 0 aromatic rings. The minimum atomic E-state index is -2.53. The third-order valence-electron chi connectivity index (χ3n) is 2.61. The van der Waals surface area contributed by atoms with Crippen LogP contribution in [0, 0.1) is 0 Å². The topological polar surface area (TPSA) is 47.9 Å². The van der Waals surface area contributed by atoms with Gasteiger partial charge in [-0.05, 0) is 12.8 Å². The number of aliphatic imine (C=N–C) groups is 1. The van der Waals surface area contributed by atoms with E-state index >= 15 is 0 Å². The number of halogens is 2. The first-order chi connectivity index (χ1) is 8.06. The summed E-state index contributed by atoms with van der Waals surface area (Å²) in [7, 11) is 0. The Morgan fingerprint density at radius 1 is 1.65 bits per heavy atom. The largest absolute Gasteiger partial charge is 0.463 e. The standard InChI is InChI=1S/C10H13F2NO3S/c1-5(14)15-4-6-2-3-7-10(16-6)17-9(13-7)8(11)12/h6-8,10H,2-4H2,1H3/t6-,7-,10-/m1/s1. The van der Waals surface area contributed by atoms with E-state index in [-0.39, 0.29) is 35.2 Å². The molecule has 0 unspecified atom stereocenters. The van der Waals surface area contributed by atoms with E-state index in [0.29, 0.717) is 12.8 Å². The zero-order valence-corrected chi connectivity index (χ0v) is 10.1. The number of carbonyl (C=O) groups excluding carboxylic acids is 1. The molecule has 17 heavy (non-hydrogen) atoms. The second-order valence-electron chi connectivity index (χ2n) is 3.96. The highest BCUT2D eigenvalue weighted by Crippen LogP contribution is 2.37. The van der Waals surface area contributed by atoms with Gasteiger partial charge >= 0.3 is 5.97 Å². The van der Waals surface area contributed by atoms with Crippen LogP contribution in [-0.2, 0) is 14.3 Å². The van der Waals surface area contributed by atoms with Gasteiger partial charge in [0.05, 0.1) is 12.1 Å². The maximum Gasteiger partial charge on any atom is 0.302 e. The molecule has 1 fully saturated rings. The molecule has 0 aromatic heterocycles. The quantitative estimate of drug-likeness (QED) is 0.730. The maximum absolute atomic E-state index is 12.5. The predicted octanol–water partition coefficient (Wildman–Crippen LogP) is 1.83. The first kappa shape index (κ1) is 12.8. The van der Waals surface area contributed by atoms with Gasteiger partial charge in [-0.1, -0.05) is 11.8 Å². The molecular formula is C10H13F2NO3S. The van der Waals surface area contributed by atoms with E-state index in [4.69, 9.17) is 9.47 Å². The number of rotatable bonds is 3. The lowest BCUT2D eigenvalue weighted by Gasteiger charge is -2.30. The van der Waals surface area contributed by atoms with Crippen molar-refractivity contribution >= 4 is 22.8 Å². The lowest BCUT2D eigenvalue weighted by atomic mass is 10.1. The van der Waals surface area contributed by atoms with Crippen molar-refractivity contribution in [2.75, 3.05) is 6.61 Å². The summed E-state index contributed by atoms with van der Waals surface area (Å²) in [5.74, 6) is -0.362. The summed E-state index contributed by atoms with van der Waals surface area (Å²) in [5.41, 5.74) is -0.353. The molecule has 0 aliphatic carbocycles. The molecule has 0 bridgehead atoms. The van der Waals surface area contributed by atoms with Crippen LogP contribution in [0.5, 0.6) is 0 Å². The van der Waals surface area contributed by atoms with Crippen LogP contribution in [0.3, 0.4) is 0 Å². The van der Waals surface area contributed by atoms with E-state index in [0.717, 1.165) is 11.8 Å². The van der Waals surface area contributed by atoms with E-state index in [1.807, 2.05) is 0 Å². The number of alkyl halides is 2. The minimum Gasteiger partial charge on any atom is -0.463 e. The first-order valence-corrected chi connectivity index (χ1v) is 6.25. The van der Waals surface area contributed by atoms with E-state index in [1.54, 1.807) is 0 Å². The number of carbonyl (C=O) groups is 1. The van der Waals surface area contributed by atoms with Gasteiger partial charge in [-0.15, -0.1) is 0 Å². The highest BCUT2D eigenvalue weighted by Gasteiger charge is 2.39. The number of hydrogen-bond acceptors (Lipinski definition) is 5. The number of nitrogens with zero attached hydrogens (tertiary/aromatic N) is 1. The summed E-state index contributed by atoms with van der Waals surface area (Å²) in [6.07, 6.45) is -1.37. The Labute approximate surface area is 102 Å². The molecule has 2 heterocycles. The Morgan fingerprint density at radius 3 is 3.06 bits per heavy atom. The number of esters is 1. The van der Waals surface area contributed by atoms with E-state index < -0.39 is 6.43 Å².